The lowest BCUT2D eigenvalue weighted by Crippen LogP contribution is -2.50. The molecule has 20 heavy (non-hydrogen) atoms. The van der Waals surface area contributed by atoms with Gasteiger partial charge in [-0.2, -0.15) is 11.8 Å². The summed E-state index contributed by atoms with van der Waals surface area (Å²) in [6, 6.07) is 6.13. The first kappa shape index (κ1) is 14.2. The number of hydrogen-bond acceptors (Lipinski definition) is 7. The van der Waals surface area contributed by atoms with Crippen molar-refractivity contribution in [1.82, 2.24) is 0 Å². The van der Waals surface area contributed by atoms with E-state index in [0.717, 1.165) is 4.90 Å². The third-order valence-corrected chi connectivity index (χ3v) is 6.02. The fourth-order valence-corrected chi connectivity index (χ4v) is 4.89. The number of thioether (sulfide) groups is 2. The van der Waals surface area contributed by atoms with Gasteiger partial charge in [0.15, 0.2) is 0 Å². The highest BCUT2D eigenvalue weighted by Crippen LogP contribution is 2.43. The van der Waals surface area contributed by atoms with E-state index in [-0.39, 0.29) is 17.0 Å². The maximum Gasteiger partial charge on any atom is 0.269 e. The highest BCUT2D eigenvalue weighted by molar-refractivity contribution is 8.01. The van der Waals surface area contributed by atoms with Gasteiger partial charge >= 0.3 is 0 Å². The van der Waals surface area contributed by atoms with Gasteiger partial charge in [-0.05, 0) is 12.1 Å². The summed E-state index contributed by atoms with van der Waals surface area (Å²) in [6.45, 7) is 0. The van der Waals surface area contributed by atoms with Crippen LogP contribution in [0.2, 0.25) is 0 Å². The first-order chi connectivity index (χ1) is 9.56. The van der Waals surface area contributed by atoms with E-state index < -0.39 is 22.6 Å². The molecule has 2 aliphatic heterocycles. The fourth-order valence-electron chi connectivity index (χ4n) is 2.32. The number of nitro benzene ring substituents is 1. The minimum atomic E-state index is -0.756. The van der Waals surface area contributed by atoms with Crippen LogP contribution in [0.3, 0.4) is 0 Å². The number of hydrogen-bond donors (Lipinski definition) is 2. The third kappa shape index (κ3) is 2.53. The molecule has 0 spiro atoms. The minimum Gasteiger partial charge on any atom is -0.389 e. The van der Waals surface area contributed by atoms with Gasteiger partial charge in [-0.15, -0.1) is 0 Å². The van der Waals surface area contributed by atoms with Gasteiger partial charge in [-0.3, -0.25) is 10.1 Å². The maximum atomic E-state index is 10.6. The molecule has 0 aromatic heterocycles. The molecule has 0 unspecified atom stereocenters. The molecule has 3 rings (SSSR count). The summed E-state index contributed by atoms with van der Waals surface area (Å²) in [6.07, 6.45) is -1.62. The topological polar surface area (TPSA) is 92.8 Å². The molecular formula is C12H13NO5S2. The molecule has 108 valence electrons. The summed E-state index contributed by atoms with van der Waals surface area (Å²) in [5.41, 5.74) is -0.421. The zero-order valence-electron chi connectivity index (χ0n) is 10.3. The van der Waals surface area contributed by atoms with Crippen LogP contribution in [0.5, 0.6) is 0 Å². The van der Waals surface area contributed by atoms with Crippen LogP contribution < -0.4 is 0 Å². The average molecular weight is 315 g/mol. The molecular weight excluding hydrogens is 302 g/mol. The lowest BCUT2D eigenvalue weighted by atomic mass is 10.0. The molecule has 2 bridgehead atoms. The highest BCUT2D eigenvalue weighted by atomic mass is 32.2. The largest absolute Gasteiger partial charge is 0.389 e. The Kier molecular flexibility index (Phi) is 3.91. The van der Waals surface area contributed by atoms with Crippen LogP contribution in [0.25, 0.3) is 0 Å². The summed E-state index contributed by atoms with van der Waals surface area (Å²) < 4.78 is 5.69. The van der Waals surface area contributed by atoms with Crippen LogP contribution in [0, 0.1) is 10.1 Å². The average Bonchev–Trinajstić information content (AvgIpc) is 2.70. The van der Waals surface area contributed by atoms with E-state index in [1.54, 1.807) is 12.1 Å². The molecule has 2 fully saturated rings. The number of nitrogens with zero attached hydrogens (tertiary/aromatic N) is 1. The zero-order valence-corrected chi connectivity index (χ0v) is 11.9. The summed E-state index contributed by atoms with van der Waals surface area (Å²) >= 11 is 2.85. The molecule has 1 aromatic rings. The second kappa shape index (κ2) is 5.53. The SMILES string of the molecule is O=[N+]([O-])c1ccc(S[C@@H]2O[C@@H]3CS[C@H]([C@H]2O)[C@@H]3O)cc1. The van der Waals surface area contributed by atoms with Gasteiger partial charge in [0.05, 0.1) is 22.4 Å². The minimum absolute atomic E-state index is 0.0329. The number of benzene rings is 1. The first-order valence-corrected chi connectivity index (χ1v) is 8.03. The standard InChI is InChI=1S/C12H13NO5S2/c14-9-8-5-19-11(9)10(15)12(18-8)20-7-3-1-6(2-4-7)13(16)17/h1-4,8-12,14-15H,5H2/t8-,9-,10-,11+,12+/m1/s1. The van der Waals surface area contributed by atoms with Gasteiger partial charge in [-0.1, -0.05) is 11.8 Å². The van der Waals surface area contributed by atoms with E-state index >= 15 is 0 Å². The van der Waals surface area contributed by atoms with E-state index in [9.17, 15) is 20.3 Å². The van der Waals surface area contributed by atoms with E-state index in [4.69, 9.17) is 4.74 Å². The molecule has 0 aliphatic carbocycles. The molecule has 5 atom stereocenters. The Morgan fingerprint density at radius 2 is 2.00 bits per heavy atom. The molecule has 1 aromatic carbocycles. The highest BCUT2D eigenvalue weighted by Gasteiger charge is 2.49. The molecule has 0 amide bonds. The van der Waals surface area contributed by atoms with Gasteiger partial charge in [0.2, 0.25) is 0 Å². The van der Waals surface area contributed by atoms with Gasteiger partial charge in [0.1, 0.15) is 11.5 Å². The van der Waals surface area contributed by atoms with Crippen molar-refractivity contribution in [3.63, 3.8) is 0 Å². The summed E-state index contributed by atoms with van der Waals surface area (Å²) in [5, 5.41) is 30.4. The van der Waals surface area contributed by atoms with E-state index in [1.165, 1.54) is 35.7 Å². The van der Waals surface area contributed by atoms with Crippen molar-refractivity contribution < 1.29 is 19.9 Å². The Bertz CT molecular complexity index is 511. The Labute approximate surface area is 123 Å². The summed E-state index contributed by atoms with van der Waals surface area (Å²) in [4.78, 5) is 10.9. The molecule has 0 radical (unpaired) electrons. The fraction of sp³-hybridized carbons (Fsp3) is 0.500. The summed E-state index contributed by atoms with van der Waals surface area (Å²) in [7, 11) is 0. The predicted octanol–water partition coefficient (Wildman–Crippen LogP) is 1.25. The molecule has 6 nitrogen and oxygen atoms in total. The maximum absolute atomic E-state index is 10.6. The molecule has 2 aliphatic rings. The Balaban J connectivity index is 1.70. The second-order valence-corrected chi connectivity index (χ2v) is 7.07. The normalized spacial score (nSPS) is 36.0. The van der Waals surface area contributed by atoms with Crippen LogP contribution in [-0.2, 0) is 4.74 Å². The van der Waals surface area contributed by atoms with E-state index in [1.807, 2.05) is 0 Å². The molecule has 8 heteroatoms. The van der Waals surface area contributed by atoms with Crippen LogP contribution in [0.1, 0.15) is 0 Å². The van der Waals surface area contributed by atoms with Gasteiger partial charge in [-0.25, -0.2) is 0 Å². The molecule has 2 heterocycles. The van der Waals surface area contributed by atoms with Crippen molar-refractivity contribution in [3.8, 4) is 0 Å². The first-order valence-electron chi connectivity index (χ1n) is 6.10. The number of nitro groups is 1. The van der Waals surface area contributed by atoms with Crippen LogP contribution in [0.4, 0.5) is 5.69 Å². The smallest absolute Gasteiger partial charge is 0.269 e. The molecule has 0 saturated carbocycles. The van der Waals surface area contributed by atoms with Gasteiger partial charge < -0.3 is 14.9 Å². The number of fused-ring (bicyclic) bond motifs is 2. The monoisotopic (exact) mass is 315 g/mol. The number of aliphatic hydroxyl groups is 2. The quantitative estimate of drug-likeness (QED) is 0.640. The van der Waals surface area contributed by atoms with Crippen molar-refractivity contribution in [1.29, 1.82) is 0 Å². The summed E-state index contributed by atoms with van der Waals surface area (Å²) in [5.74, 6) is 0.681. The van der Waals surface area contributed by atoms with Gasteiger partial charge in [0, 0.05) is 22.8 Å². The Hall–Kier alpha value is -0.800. The number of aliphatic hydroxyl groups excluding tert-OH is 2. The van der Waals surface area contributed by atoms with Crippen molar-refractivity contribution >= 4 is 29.2 Å². The number of rotatable bonds is 3. The number of ether oxygens (including phenoxy) is 1. The lowest BCUT2D eigenvalue weighted by Gasteiger charge is -2.35. The molecule has 2 saturated heterocycles. The van der Waals surface area contributed by atoms with Crippen molar-refractivity contribution in [2.45, 2.75) is 33.9 Å². The van der Waals surface area contributed by atoms with Crippen LogP contribution >= 0.6 is 23.5 Å². The molecule has 2 N–H and O–H groups in total. The van der Waals surface area contributed by atoms with Gasteiger partial charge in [0.25, 0.3) is 5.69 Å². The van der Waals surface area contributed by atoms with E-state index in [2.05, 4.69) is 0 Å². The van der Waals surface area contributed by atoms with Crippen LogP contribution in [-0.4, -0.2) is 49.9 Å². The Morgan fingerprint density at radius 1 is 1.30 bits per heavy atom. The lowest BCUT2D eigenvalue weighted by molar-refractivity contribution is -0.384. The third-order valence-electron chi connectivity index (χ3n) is 3.39. The predicted molar refractivity (Wildman–Crippen MR) is 75.9 cm³/mol. The van der Waals surface area contributed by atoms with Crippen molar-refractivity contribution in [2.75, 3.05) is 5.75 Å². The second-order valence-electron chi connectivity index (χ2n) is 4.69. The Morgan fingerprint density at radius 3 is 2.65 bits per heavy atom. The van der Waals surface area contributed by atoms with Crippen molar-refractivity contribution in [2.24, 2.45) is 0 Å². The zero-order chi connectivity index (χ0) is 14.3. The van der Waals surface area contributed by atoms with Crippen molar-refractivity contribution in [3.05, 3.63) is 34.4 Å². The van der Waals surface area contributed by atoms with Crippen LogP contribution in [0.15, 0.2) is 29.2 Å². The number of non-ortho nitro benzene ring substituents is 1. The van der Waals surface area contributed by atoms with E-state index in [0.29, 0.717) is 5.75 Å².